The number of rotatable bonds is 2. The van der Waals surface area contributed by atoms with E-state index in [1.165, 1.54) is 25.3 Å². The van der Waals surface area contributed by atoms with E-state index in [-0.39, 0.29) is 5.82 Å². The van der Waals surface area contributed by atoms with Crippen molar-refractivity contribution >= 4 is 11.6 Å². The van der Waals surface area contributed by atoms with Crippen molar-refractivity contribution in [1.29, 1.82) is 0 Å². The molecule has 2 fully saturated rings. The van der Waals surface area contributed by atoms with Gasteiger partial charge in [0.05, 0.1) is 6.10 Å². The third-order valence-corrected chi connectivity index (χ3v) is 5.12. The van der Waals surface area contributed by atoms with Crippen molar-refractivity contribution in [3.8, 4) is 0 Å². The van der Waals surface area contributed by atoms with Gasteiger partial charge in [-0.15, -0.1) is 0 Å². The van der Waals surface area contributed by atoms with Crippen LogP contribution < -0.4 is 0 Å². The molecule has 1 aromatic carbocycles. The van der Waals surface area contributed by atoms with Crippen molar-refractivity contribution in [3.05, 3.63) is 34.1 Å². The Morgan fingerprint density at radius 2 is 2.11 bits per heavy atom. The van der Waals surface area contributed by atoms with Crippen LogP contribution in [0.25, 0.3) is 0 Å². The second-order valence-electron chi connectivity index (χ2n) is 5.91. The lowest BCUT2D eigenvalue weighted by Gasteiger charge is -2.27. The average molecular weight is 269 g/mol. The van der Waals surface area contributed by atoms with Crippen molar-refractivity contribution in [1.82, 2.24) is 0 Å². The van der Waals surface area contributed by atoms with Crippen molar-refractivity contribution in [2.45, 2.75) is 38.7 Å². The third kappa shape index (κ3) is 1.96. The summed E-state index contributed by atoms with van der Waals surface area (Å²) in [4.78, 5) is 0. The predicted octanol–water partition coefficient (Wildman–Crippen LogP) is 4.26. The minimum absolute atomic E-state index is 0.302. The molecule has 0 radical (unpaired) electrons. The Kier molecular flexibility index (Phi) is 3.11. The molecule has 0 heterocycles. The number of hydrogen-bond donors (Lipinski definition) is 1. The molecule has 2 aliphatic rings. The van der Waals surface area contributed by atoms with Gasteiger partial charge < -0.3 is 5.11 Å². The fourth-order valence-electron chi connectivity index (χ4n) is 3.82. The van der Waals surface area contributed by atoms with Gasteiger partial charge in [-0.05, 0) is 67.2 Å². The standard InChI is InChI=1S/C15H18ClFO/c1-8-4-12(13(16)7-14(8)17)15(18)11-6-9-2-3-10(11)5-9/h4,7,9-11,15,18H,2-3,5-6H2,1H3. The molecular formula is C15H18ClFO. The van der Waals surface area contributed by atoms with Gasteiger partial charge in [0.25, 0.3) is 0 Å². The SMILES string of the molecule is Cc1cc(C(O)C2CC3CCC2C3)c(Cl)cc1F. The summed E-state index contributed by atoms with van der Waals surface area (Å²) in [6, 6.07) is 3.02. The quantitative estimate of drug-likeness (QED) is 0.850. The molecular weight excluding hydrogens is 251 g/mol. The van der Waals surface area contributed by atoms with E-state index in [0.29, 0.717) is 28.0 Å². The van der Waals surface area contributed by atoms with E-state index in [9.17, 15) is 9.50 Å². The summed E-state index contributed by atoms with van der Waals surface area (Å²) in [6.45, 7) is 1.71. The number of fused-ring (bicyclic) bond motifs is 2. The first kappa shape index (κ1) is 12.4. The van der Waals surface area contributed by atoms with Crippen LogP contribution in [0, 0.1) is 30.5 Å². The molecule has 18 heavy (non-hydrogen) atoms. The Morgan fingerprint density at radius 3 is 2.72 bits per heavy atom. The molecule has 4 atom stereocenters. The number of hydrogen-bond acceptors (Lipinski definition) is 1. The van der Waals surface area contributed by atoms with E-state index in [1.54, 1.807) is 13.0 Å². The maximum Gasteiger partial charge on any atom is 0.127 e. The van der Waals surface area contributed by atoms with Crippen LogP contribution in [-0.2, 0) is 0 Å². The van der Waals surface area contributed by atoms with Crippen LogP contribution in [0.2, 0.25) is 5.02 Å². The van der Waals surface area contributed by atoms with Crippen molar-refractivity contribution in [3.63, 3.8) is 0 Å². The summed E-state index contributed by atoms with van der Waals surface area (Å²) in [5.41, 5.74) is 1.25. The second-order valence-corrected chi connectivity index (χ2v) is 6.31. The van der Waals surface area contributed by atoms with E-state index in [0.717, 1.165) is 12.3 Å². The maximum atomic E-state index is 13.4. The average Bonchev–Trinajstić information content (AvgIpc) is 2.95. The third-order valence-electron chi connectivity index (χ3n) is 4.79. The normalized spacial score (nSPS) is 31.9. The molecule has 0 aromatic heterocycles. The molecule has 2 saturated carbocycles. The van der Waals surface area contributed by atoms with Gasteiger partial charge in [0.1, 0.15) is 5.82 Å². The van der Waals surface area contributed by atoms with Gasteiger partial charge in [-0.3, -0.25) is 0 Å². The highest BCUT2D eigenvalue weighted by molar-refractivity contribution is 6.31. The smallest absolute Gasteiger partial charge is 0.127 e. The summed E-state index contributed by atoms with van der Waals surface area (Å²) in [6.07, 6.45) is 4.35. The largest absolute Gasteiger partial charge is 0.388 e. The molecule has 0 spiro atoms. The number of benzene rings is 1. The Bertz CT molecular complexity index is 474. The Hall–Kier alpha value is -0.600. The lowest BCUT2D eigenvalue weighted by molar-refractivity contribution is 0.0745. The summed E-state index contributed by atoms with van der Waals surface area (Å²) >= 11 is 6.08. The molecule has 2 aliphatic carbocycles. The number of aliphatic hydroxyl groups is 1. The van der Waals surface area contributed by atoms with Crippen LogP contribution in [0.3, 0.4) is 0 Å². The van der Waals surface area contributed by atoms with E-state index in [4.69, 9.17) is 11.6 Å². The first-order chi connectivity index (χ1) is 8.56. The molecule has 3 heteroatoms. The van der Waals surface area contributed by atoms with E-state index < -0.39 is 6.10 Å². The zero-order chi connectivity index (χ0) is 12.9. The highest BCUT2D eigenvalue weighted by Gasteiger charge is 2.43. The molecule has 2 bridgehead atoms. The van der Waals surface area contributed by atoms with Crippen molar-refractivity contribution in [2.75, 3.05) is 0 Å². The molecule has 0 saturated heterocycles. The Labute approximate surface area is 112 Å². The van der Waals surface area contributed by atoms with Crippen molar-refractivity contribution in [2.24, 2.45) is 17.8 Å². The lowest BCUT2D eigenvalue weighted by Crippen LogP contribution is -2.19. The fourth-order valence-corrected chi connectivity index (χ4v) is 4.08. The summed E-state index contributed by atoms with van der Waals surface area (Å²) in [7, 11) is 0. The predicted molar refractivity (Wildman–Crippen MR) is 70.0 cm³/mol. The number of halogens is 2. The van der Waals surface area contributed by atoms with Gasteiger partial charge in [0, 0.05) is 5.02 Å². The van der Waals surface area contributed by atoms with Crippen molar-refractivity contribution < 1.29 is 9.50 Å². The molecule has 3 rings (SSSR count). The summed E-state index contributed by atoms with van der Waals surface area (Å²) in [5.74, 6) is 1.43. The van der Waals surface area contributed by atoms with Crippen LogP contribution in [0.1, 0.15) is 42.9 Å². The number of aryl methyl sites for hydroxylation is 1. The minimum atomic E-state index is -0.535. The van der Waals surface area contributed by atoms with Gasteiger partial charge in [-0.1, -0.05) is 18.0 Å². The van der Waals surface area contributed by atoms with E-state index >= 15 is 0 Å². The summed E-state index contributed by atoms with van der Waals surface area (Å²) < 4.78 is 13.4. The molecule has 0 amide bonds. The molecule has 1 nitrogen and oxygen atoms in total. The molecule has 4 unspecified atom stereocenters. The van der Waals surface area contributed by atoms with Crippen LogP contribution in [0.4, 0.5) is 4.39 Å². The highest BCUT2D eigenvalue weighted by atomic mass is 35.5. The topological polar surface area (TPSA) is 20.2 Å². The highest BCUT2D eigenvalue weighted by Crippen LogP contribution is 2.53. The minimum Gasteiger partial charge on any atom is -0.388 e. The van der Waals surface area contributed by atoms with Crippen LogP contribution in [-0.4, -0.2) is 5.11 Å². The first-order valence-corrected chi connectivity index (χ1v) is 7.07. The summed E-state index contributed by atoms with van der Waals surface area (Å²) in [5, 5.41) is 10.9. The van der Waals surface area contributed by atoms with Crippen LogP contribution in [0.5, 0.6) is 0 Å². The number of aliphatic hydroxyl groups excluding tert-OH is 1. The zero-order valence-corrected chi connectivity index (χ0v) is 11.3. The molecule has 98 valence electrons. The van der Waals surface area contributed by atoms with Crippen LogP contribution in [0.15, 0.2) is 12.1 Å². The molecule has 0 aliphatic heterocycles. The van der Waals surface area contributed by atoms with Crippen LogP contribution >= 0.6 is 11.6 Å². The van der Waals surface area contributed by atoms with Gasteiger partial charge in [0.15, 0.2) is 0 Å². The Morgan fingerprint density at radius 1 is 1.33 bits per heavy atom. The van der Waals surface area contributed by atoms with Gasteiger partial charge in [0.2, 0.25) is 0 Å². The first-order valence-electron chi connectivity index (χ1n) is 6.70. The molecule has 1 aromatic rings. The second kappa shape index (κ2) is 4.50. The fraction of sp³-hybridized carbons (Fsp3) is 0.600. The maximum absolute atomic E-state index is 13.4. The van der Waals surface area contributed by atoms with Gasteiger partial charge in [-0.25, -0.2) is 4.39 Å². The Balaban J connectivity index is 1.88. The van der Waals surface area contributed by atoms with Gasteiger partial charge >= 0.3 is 0 Å². The molecule has 1 N–H and O–H groups in total. The van der Waals surface area contributed by atoms with Gasteiger partial charge in [-0.2, -0.15) is 0 Å². The van der Waals surface area contributed by atoms with E-state index in [1.807, 2.05) is 0 Å². The monoisotopic (exact) mass is 268 g/mol. The lowest BCUT2D eigenvalue weighted by atomic mass is 9.82. The zero-order valence-electron chi connectivity index (χ0n) is 10.5. The van der Waals surface area contributed by atoms with E-state index in [2.05, 4.69) is 0 Å².